The van der Waals surface area contributed by atoms with E-state index >= 15 is 0 Å². The van der Waals surface area contributed by atoms with E-state index in [9.17, 15) is 4.79 Å². The lowest BCUT2D eigenvalue weighted by molar-refractivity contribution is -0.144. The molecule has 1 aromatic heterocycles. The minimum atomic E-state index is -0.565. The maximum Gasteiger partial charge on any atom is 0.323 e. The van der Waals surface area contributed by atoms with Crippen LogP contribution in [0.15, 0.2) is 18.3 Å². The van der Waals surface area contributed by atoms with Gasteiger partial charge in [-0.25, -0.2) is 0 Å². The topological polar surface area (TPSA) is 57.2 Å². The molecule has 15 heavy (non-hydrogen) atoms. The molecule has 0 aromatic carbocycles. The number of hydrogen-bond acceptors (Lipinski definition) is 3. The Morgan fingerprint density at radius 2 is 2.33 bits per heavy atom. The first-order valence-corrected chi connectivity index (χ1v) is 5.25. The Morgan fingerprint density at radius 1 is 1.60 bits per heavy atom. The van der Waals surface area contributed by atoms with Crippen LogP contribution in [0.3, 0.4) is 0 Å². The van der Waals surface area contributed by atoms with E-state index in [1.807, 2.05) is 18.3 Å². The second kappa shape index (κ2) is 5.56. The number of rotatable bonds is 5. The Kier molecular flexibility index (Phi) is 4.37. The van der Waals surface area contributed by atoms with Gasteiger partial charge in [-0.1, -0.05) is 0 Å². The number of hydrogen-bond donors (Lipinski definition) is 1. The van der Waals surface area contributed by atoms with E-state index in [1.165, 1.54) is 0 Å². The van der Waals surface area contributed by atoms with Crippen molar-refractivity contribution in [2.45, 2.75) is 32.9 Å². The number of ether oxygens (including phenoxy) is 1. The van der Waals surface area contributed by atoms with Crippen LogP contribution in [0.2, 0.25) is 0 Å². The molecule has 1 unspecified atom stereocenters. The molecule has 0 aliphatic rings. The Morgan fingerprint density at radius 3 is 2.93 bits per heavy atom. The zero-order valence-corrected chi connectivity index (χ0v) is 9.27. The molecule has 84 valence electrons. The van der Waals surface area contributed by atoms with Gasteiger partial charge in [0.05, 0.1) is 6.61 Å². The van der Waals surface area contributed by atoms with Crippen molar-refractivity contribution in [2.75, 3.05) is 6.61 Å². The van der Waals surface area contributed by atoms with Crippen LogP contribution in [0.25, 0.3) is 0 Å². The van der Waals surface area contributed by atoms with Gasteiger partial charge in [0.25, 0.3) is 0 Å². The SMILES string of the molecule is CCOC(=O)C(N)Cc1cccn1CC. The molecular weight excluding hydrogens is 192 g/mol. The molecule has 0 amide bonds. The van der Waals surface area contributed by atoms with Crippen molar-refractivity contribution in [3.8, 4) is 0 Å². The maximum atomic E-state index is 11.3. The van der Waals surface area contributed by atoms with Crippen LogP contribution in [-0.4, -0.2) is 23.2 Å². The number of nitrogens with zero attached hydrogens (tertiary/aromatic N) is 1. The van der Waals surface area contributed by atoms with Crippen molar-refractivity contribution in [3.63, 3.8) is 0 Å². The summed E-state index contributed by atoms with van der Waals surface area (Å²) in [6.07, 6.45) is 2.51. The van der Waals surface area contributed by atoms with Crippen molar-refractivity contribution in [2.24, 2.45) is 5.73 Å². The number of esters is 1. The first-order valence-electron chi connectivity index (χ1n) is 5.25. The van der Waals surface area contributed by atoms with Crippen LogP contribution < -0.4 is 5.73 Å². The van der Waals surface area contributed by atoms with Gasteiger partial charge < -0.3 is 15.0 Å². The minimum absolute atomic E-state index is 0.332. The zero-order valence-electron chi connectivity index (χ0n) is 9.27. The highest BCUT2D eigenvalue weighted by Gasteiger charge is 2.16. The monoisotopic (exact) mass is 210 g/mol. The second-order valence-corrected chi connectivity index (χ2v) is 3.35. The fourth-order valence-corrected chi connectivity index (χ4v) is 1.50. The Bertz CT molecular complexity index is 320. The summed E-state index contributed by atoms with van der Waals surface area (Å²) in [6, 6.07) is 3.37. The molecule has 0 saturated carbocycles. The van der Waals surface area contributed by atoms with E-state index in [0.29, 0.717) is 13.0 Å². The largest absolute Gasteiger partial charge is 0.465 e. The van der Waals surface area contributed by atoms with Crippen molar-refractivity contribution >= 4 is 5.97 Å². The predicted molar refractivity (Wildman–Crippen MR) is 58.4 cm³/mol. The lowest BCUT2D eigenvalue weighted by Crippen LogP contribution is -2.35. The standard InChI is InChI=1S/C11H18N2O2/c1-3-13-7-5-6-9(13)8-10(12)11(14)15-4-2/h5-7,10H,3-4,8,12H2,1-2H3. The van der Waals surface area contributed by atoms with E-state index in [2.05, 4.69) is 11.5 Å². The molecule has 1 aromatic rings. The third kappa shape index (κ3) is 3.09. The highest BCUT2D eigenvalue weighted by Crippen LogP contribution is 2.05. The van der Waals surface area contributed by atoms with Gasteiger partial charge in [0.1, 0.15) is 6.04 Å². The van der Waals surface area contributed by atoms with Crippen molar-refractivity contribution in [1.29, 1.82) is 0 Å². The number of carbonyl (C=O) groups excluding carboxylic acids is 1. The molecule has 1 rings (SSSR count). The maximum absolute atomic E-state index is 11.3. The minimum Gasteiger partial charge on any atom is -0.465 e. The summed E-state index contributed by atoms with van der Waals surface area (Å²) in [5.41, 5.74) is 6.80. The van der Waals surface area contributed by atoms with E-state index in [1.54, 1.807) is 6.92 Å². The summed E-state index contributed by atoms with van der Waals surface area (Å²) in [5.74, 6) is -0.332. The highest BCUT2D eigenvalue weighted by molar-refractivity contribution is 5.75. The summed E-state index contributed by atoms with van der Waals surface area (Å²) >= 11 is 0. The second-order valence-electron chi connectivity index (χ2n) is 3.35. The van der Waals surface area contributed by atoms with Gasteiger partial charge in [-0.3, -0.25) is 4.79 Å². The molecule has 1 atom stereocenters. The summed E-state index contributed by atoms with van der Waals surface area (Å²) in [5, 5.41) is 0. The van der Waals surface area contributed by atoms with Gasteiger partial charge in [-0.05, 0) is 26.0 Å². The Hall–Kier alpha value is -1.29. The molecule has 0 aliphatic carbocycles. The average Bonchev–Trinajstić information content (AvgIpc) is 2.65. The molecule has 0 spiro atoms. The summed E-state index contributed by atoms with van der Waals surface area (Å²) in [7, 11) is 0. The molecule has 4 nitrogen and oxygen atoms in total. The van der Waals surface area contributed by atoms with E-state index in [4.69, 9.17) is 10.5 Å². The molecule has 0 aliphatic heterocycles. The smallest absolute Gasteiger partial charge is 0.323 e. The Labute approximate surface area is 90.0 Å². The lowest BCUT2D eigenvalue weighted by atomic mass is 10.2. The molecular formula is C11H18N2O2. The average molecular weight is 210 g/mol. The van der Waals surface area contributed by atoms with Gasteiger partial charge in [0, 0.05) is 24.9 Å². The number of nitrogens with two attached hydrogens (primary N) is 1. The van der Waals surface area contributed by atoms with E-state index in [-0.39, 0.29) is 5.97 Å². The van der Waals surface area contributed by atoms with Gasteiger partial charge in [0.2, 0.25) is 0 Å². The Balaban J connectivity index is 2.57. The molecule has 4 heteroatoms. The zero-order chi connectivity index (χ0) is 11.3. The molecule has 2 N–H and O–H groups in total. The highest BCUT2D eigenvalue weighted by atomic mass is 16.5. The van der Waals surface area contributed by atoms with Crippen LogP contribution in [-0.2, 0) is 22.5 Å². The van der Waals surface area contributed by atoms with Crippen LogP contribution in [0.5, 0.6) is 0 Å². The quantitative estimate of drug-likeness (QED) is 0.736. The molecule has 0 saturated heterocycles. The number of aryl methyl sites for hydroxylation is 1. The van der Waals surface area contributed by atoms with Gasteiger partial charge >= 0.3 is 5.97 Å². The first-order chi connectivity index (χ1) is 7.19. The third-order valence-electron chi connectivity index (χ3n) is 2.28. The summed E-state index contributed by atoms with van der Waals surface area (Å²) < 4.78 is 6.92. The number of carbonyl (C=O) groups is 1. The van der Waals surface area contributed by atoms with Crippen LogP contribution >= 0.6 is 0 Å². The first kappa shape index (κ1) is 11.8. The van der Waals surface area contributed by atoms with Crippen molar-refractivity contribution in [3.05, 3.63) is 24.0 Å². The normalized spacial score (nSPS) is 12.5. The molecule has 0 bridgehead atoms. The molecule has 1 heterocycles. The van der Waals surface area contributed by atoms with Crippen LogP contribution in [0.1, 0.15) is 19.5 Å². The van der Waals surface area contributed by atoms with Gasteiger partial charge in [0.15, 0.2) is 0 Å². The fraction of sp³-hybridized carbons (Fsp3) is 0.545. The molecule has 0 radical (unpaired) electrons. The van der Waals surface area contributed by atoms with Gasteiger partial charge in [-0.15, -0.1) is 0 Å². The third-order valence-corrected chi connectivity index (χ3v) is 2.28. The van der Waals surface area contributed by atoms with Gasteiger partial charge in [-0.2, -0.15) is 0 Å². The van der Waals surface area contributed by atoms with Crippen LogP contribution in [0, 0.1) is 0 Å². The molecule has 0 fully saturated rings. The fourth-order valence-electron chi connectivity index (χ4n) is 1.50. The summed E-state index contributed by atoms with van der Waals surface area (Å²) in [6.45, 7) is 5.10. The lowest BCUT2D eigenvalue weighted by Gasteiger charge is -2.12. The van der Waals surface area contributed by atoms with E-state index < -0.39 is 6.04 Å². The predicted octanol–water partition coefficient (Wildman–Crippen LogP) is 0.941. The van der Waals surface area contributed by atoms with Crippen LogP contribution in [0.4, 0.5) is 0 Å². The van der Waals surface area contributed by atoms with Crippen molar-refractivity contribution < 1.29 is 9.53 Å². The number of aromatic nitrogens is 1. The summed E-state index contributed by atoms with van der Waals surface area (Å²) in [4.78, 5) is 11.3. The van der Waals surface area contributed by atoms with E-state index in [0.717, 1.165) is 12.2 Å². The van der Waals surface area contributed by atoms with Crippen molar-refractivity contribution in [1.82, 2.24) is 4.57 Å².